The molecule has 100 valence electrons. The van der Waals surface area contributed by atoms with E-state index in [0.717, 1.165) is 30.0 Å². The Hall–Kier alpha value is -2.10. The molecule has 1 amide bonds. The first-order chi connectivity index (χ1) is 9.06. The van der Waals surface area contributed by atoms with Crippen LogP contribution in [0.25, 0.3) is 6.08 Å². The third kappa shape index (κ3) is 3.95. The molecule has 0 saturated heterocycles. The van der Waals surface area contributed by atoms with E-state index in [1.54, 1.807) is 6.08 Å². The van der Waals surface area contributed by atoms with E-state index < -0.39 is 5.97 Å². The highest BCUT2D eigenvalue weighted by molar-refractivity contribution is 5.85. The standard InChI is InChI=1S/C15H17NO3/c1-10(16-15(19)12-6-7-12)13-4-2-3-11(9-13)5-8-14(17)18/h2-5,8-10,12H,6-7H2,1H3,(H,16,19)(H,17,18)/b8-5+. The van der Waals surface area contributed by atoms with Crippen LogP contribution in [0.5, 0.6) is 0 Å². The molecule has 2 N–H and O–H groups in total. The summed E-state index contributed by atoms with van der Waals surface area (Å²) in [5, 5.41) is 11.6. The molecular weight excluding hydrogens is 242 g/mol. The molecular formula is C15H17NO3. The van der Waals surface area contributed by atoms with Gasteiger partial charge >= 0.3 is 5.97 Å². The van der Waals surface area contributed by atoms with Crippen LogP contribution >= 0.6 is 0 Å². The minimum absolute atomic E-state index is 0.0636. The summed E-state index contributed by atoms with van der Waals surface area (Å²) in [5.41, 5.74) is 1.79. The van der Waals surface area contributed by atoms with Gasteiger partial charge in [-0.1, -0.05) is 18.2 Å². The molecule has 1 aromatic rings. The number of carbonyl (C=O) groups is 2. The van der Waals surface area contributed by atoms with Gasteiger partial charge in [-0.3, -0.25) is 4.79 Å². The fourth-order valence-electron chi connectivity index (χ4n) is 1.86. The number of nitrogens with one attached hydrogen (secondary N) is 1. The van der Waals surface area contributed by atoms with Crippen molar-refractivity contribution in [2.75, 3.05) is 0 Å². The summed E-state index contributed by atoms with van der Waals surface area (Å²) in [7, 11) is 0. The molecule has 1 atom stereocenters. The second-order valence-electron chi connectivity index (χ2n) is 4.85. The van der Waals surface area contributed by atoms with Gasteiger partial charge in [-0.15, -0.1) is 0 Å². The van der Waals surface area contributed by atoms with Gasteiger partial charge in [0.05, 0.1) is 6.04 Å². The van der Waals surface area contributed by atoms with Gasteiger partial charge in [0.2, 0.25) is 5.91 Å². The van der Waals surface area contributed by atoms with Gasteiger partial charge in [-0.05, 0) is 43.0 Å². The van der Waals surface area contributed by atoms with Crippen molar-refractivity contribution in [2.45, 2.75) is 25.8 Å². The second kappa shape index (κ2) is 5.69. The maximum atomic E-state index is 11.7. The van der Waals surface area contributed by atoms with Gasteiger partial charge in [0.15, 0.2) is 0 Å². The molecule has 0 spiro atoms. The highest BCUT2D eigenvalue weighted by Crippen LogP contribution is 2.29. The zero-order valence-electron chi connectivity index (χ0n) is 10.8. The van der Waals surface area contributed by atoms with Crippen LogP contribution < -0.4 is 5.32 Å². The van der Waals surface area contributed by atoms with E-state index in [2.05, 4.69) is 5.32 Å². The molecule has 0 aliphatic heterocycles. The van der Waals surface area contributed by atoms with Crippen molar-refractivity contribution in [1.29, 1.82) is 0 Å². The lowest BCUT2D eigenvalue weighted by atomic mass is 10.0. The van der Waals surface area contributed by atoms with Gasteiger partial charge in [-0.2, -0.15) is 0 Å². The van der Waals surface area contributed by atoms with E-state index in [0.29, 0.717) is 0 Å². The van der Waals surface area contributed by atoms with Gasteiger partial charge in [0, 0.05) is 12.0 Å². The second-order valence-corrected chi connectivity index (χ2v) is 4.85. The van der Waals surface area contributed by atoms with Crippen LogP contribution in [0.1, 0.15) is 36.9 Å². The van der Waals surface area contributed by atoms with Crippen molar-refractivity contribution in [2.24, 2.45) is 5.92 Å². The first kappa shape index (κ1) is 13.3. The average Bonchev–Trinajstić information content (AvgIpc) is 3.21. The van der Waals surface area contributed by atoms with Crippen LogP contribution in [-0.4, -0.2) is 17.0 Å². The molecule has 19 heavy (non-hydrogen) atoms. The van der Waals surface area contributed by atoms with E-state index in [4.69, 9.17) is 5.11 Å². The number of amides is 1. The zero-order chi connectivity index (χ0) is 13.8. The molecule has 4 nitrogen and oxygen atoms in total. The number of hydrogen-bond donors (Lipinski definition) is 2. The Kier molecular flexibility index (Phi) is 4.00. The molecule has 1 fully saturated rings. The first-order valence-corrected chi connectivity index (χ1v) is 6.37. The highest BCUT2D eigenvalue weighted by atomic mass is 16.4. The van der Waals surface area contributed by atoms with Gasteiger partial charge < -0.3 is 10.4 Å². The number of rotatable bonds is 5. The quantitative estimate of drug-likeness (QED) is 0.798. The molecule has 2 rings (SSSR count). The van der Waals surface area contributed by atoms with E-state index in [9.17, 15) is 9.59 Å². The Balaban J connectivity index is 2.04. The summed E-state index contributed by atoms with van der Waals surface area (Å²) in [4.78, 5) is 22.2. The summed E-state index contributed by atoms with van der Waals surface area (Å²) >= 11 is 0. The van der Waals surface area contributed by atoms with E-state index in [1.165, 1.54) is 0 Å². The number of carboxylic acids is 1. The summed E-state index contributed by atoms with van der Waals surface area (Å²) in [6.45, 7) is 1.93. The molecule has 0 heterocycles. The third-order valence-corrected chi connectivity index (χ3v) is 3.14. The van der Waals surface area contributed by atoms with Crippen LogP contribution in [0.15, 0.2) is 30.3 Å². The predicted molar refractivity (Wildman–Crippen MR) is 72.4 cm³/mol. The average molecular weight is 259 g/mol. The minimum atomic E-state index is -0.972. The first-order valence-electron chi connectivity index (χ1n) is 6.37. The Labute approximate surface area is 112 Å². The number of carbonyl (C=O) groups excluding carboxylic acids is 1. The smallest absolute Gasteiger partial charge is 0.328 e. The van der Waals surface area contributed by atoms with Crippen LogP contribution in [0.4, 0.5) is 0 Å². The third-order valence-electron chi connectivity index (χ3n) is 3.14. The molecule has 0 radical (unpaired) electrons. The lowest BCUT2D eigenvalue weighted by molar-refractivity contribution is -0.131. The predicted octanol–water partition coefficient (Wildman–Crippen LogP) is 2.37. The molecule has 0 bridgehead atoms. The summed E-state index contributed by atoms with van der Waals surface area (Å²) in [5.74, 6) is -0.669. The Morgan fingerprint density at radius 1 is 1.42 bits per heavy atom. The highest BCUT2D eigenvalue weighted by Gasteiger charge is 2.30. The van der Waals surface area contributed by atoms with Gasteiger partial charge in [0.1, 0.15) is 0 Å². The van der Waals surface area contributed by atoms with Crippen LogP contribution in [-0.2, 0) is 9.59 Å². The summed E-state index contributed by atoms with van der Waals surface area (Å²) in [6.07, 6.45) is 4.62. The van der Waals surface area contributed by atoms with Gasteiger partial charge in [0.25, 0.3) is 0 Å². The molecule has 1 aliphatic rings. The van der Waals surface area contributed by atoms with E-state index in [1.807, 2.05) is 31.2 Å². The van der Waals surface area contributed by atoms with Crippen LogP contribution in [0.2, 0.25) is 0 Å². The lowest BCUT2D eigenvalue weighted by Crippen LogP contribution is -2.27. The molecule has 1 unspecified atom stereocenters. The van der Waals surface area contributed by atoms with E-state index >= 15 is 0 Å². The molecule has 4 heteroatoms. The largest absolute Gasteiger partial charge is 0.478 e. The van der Waals surface area contributed by atoms with Crippen molar-refractivity contribution < 1.29 is 14.7 Å². The maximum Gasteiger partial charge on any atom is 0.328 e. The summed E-state index contributed by atoms with van der Waals surface area (Å²) in [6, 6.07) is 7.44. The normalized spacial score (nSPS) is 16.3. The maximum absolute atomic E-state index is 11.7. The van der Waals surface area contributed by atoms with E-state index in [-0.39, 0.29) is 17.9 Å². The Bertz CT molecular complexity index is 518. The Morgan fingerprint density at radius 3 is 2.79 bits per heavy atom. The Morgan fingerprint density at radius 2 is 2.16 bits per heavy atom. The van der Waals surface area contributed by atoms with Crippen molar-refractivity contribution >= 4 is 18.0 Å². The molecule has 0 aromatic heterocycles. The monoisotopic (exact) mass is 259 g/mol. The lowest BCUT2D eigenvalue weighted by Gasteiger charge is -2.14. The fourth-order valence-corrected chi connectivity index (χ4v) is 1.86. The number of hydrogen-bond acceptors (Lipinski definition) is 2. The molecule has 1 aromatic carbocycles. The minimum Gasteiger partial charge on any atom is -0.478 e. The van der Waals surface area contributed by atoms with Gasteiger partial charge in [-0.25, -0.2) is 4.79 Å². The van der Waals surface area contributed by atoms with Crippen LogP contribution in [0, 0.1) is 5.92 Å². The SMILES string of the molecule is CC(NC(=O)C1CC1)c1cccc(/C=C/C(=O)O)c1. The van der Waals surface area contributed by atoms with Crippen molar-refractivity contribution in [3.8, 4) is 0 Å². The number of carboxylic acid groups (broad SMARTS) is 1. The number of aliphatic carboxylic acids is 1. The van der Waals surface area contributed by atoms with Crippen LogP contribution in [0.3, 0.4) is 0 Å². The fraction of sp³-hybridized carbons (Fsp3) is 0.333. The summed E-state index contributed by atoms with van der Waals surface area (Å²) < 4.78 is 0. The van der Waals surface area contributed by atoms with Crippen molar-refractivity contribution in [1.82, 2.24) is 5.32 Å². The number of benzene rings is 1. The topological polar surface area (TPSA) is 66.4 Å². The molecule has 1 saturated carbocycles. The van der Waals surface area contributed by atoms with Crippen molar-refractivity contribution in [3.63, 3.8) is 0 Å². The van der Waals surface area contributed by atoms with Crippen molar-refractivity contribution in [3.05, 3.63) is 41.5 Å². The molecule has 1 aliphatic carbocycles. The zero-order valence-corrected chi connectivity index (χ0v) is 10.8.